The van der Waals surface area contributed by atoms with Gasteiger partial charge >= 0.3 is 18.0 Å². The first kappa shape index (κ1) is 18.7. The number of rotatable bonds is 8. The maximum Gasteiger partial charge on any atom is 0.326 e. The molecule has 0 spiro atoms. The van der Waals surface area contributed by atoms with E-state index in [4.69, 9.17) is 5.11 Å². The first-order valence-corrected chi connectivity index (χ1v) is 6.39. The molecule has 0 saturated heterocycles. The largest absolute Gasteiger partial charge is 0.480 e. The minimum atomic E-state index is -1.27. The Hall–Kier alpha value is -2.32. The van der Waals surface area contributed by atoms with Crippen LogP contribution in [0.15, 0.2) is 0 Å². The molecule has 0 aliphatic carbocycles. The van der Waals surface area contributed by atoms with Crippen LogP contribution in [-0.2, 0) is 19.1 Å². The number of nitrogens with zero attached hydrogens (tertiary/aromatic N) is 1. The lowest BCUT2D eigenvalue weighted by atomic mass is 10.1. The summed E-state index contributed by atoms with van der Waals surface area (Å²) >= 11 is 0. The fourth-order valence-electron chi connectivity index (χ4n) is 1.42. The van der Waals surface area contributed by atoms with Gasteiger partial charge in [0.05, 0.1) is 7.11 Å². The van der Waals surface area contributed by atoms with Gasteiger partial charge in [-0.2, -0.15) is 0 Å². The van der Waals surface area contributed by atoms with Crippen LogP contribution in [0.4, 0.5) is 4.79 Å². The van der Waals surface area contributed by atoms with Gasteiger partial charge in [-0.15, -0.1) is 0 Å². The molecule has 0 aromatic heterocycles. The molecule has 3 N–H and O–H groups in total. The third-order valence-corrected chi connectivity index (χ3v) is 2.56. The van der Waals surface area contributed by atoms with Crippen molar-refractivity contribution in [1.29, 1.82) is 0 Å². The van der Waals surface area contributed by atoms with Crippen LogP contribution in [0, 0.1) is 0 Å². The van der Waals surface area contributed by atoms with E-state index in [9.17, 15) is 19.2 Å². The Bertz CT molecular complexity index is 398. The van der Waals surface area contributed by atoms with Crippen molar-refractivity contribution in [3.05, 3.63) is 0 Å². The second-order valence-corrected chi connectivity index (χ2v) is 4.26. The summed E-state index contributed by atoms with van der Waals surface area (Å²) in [6.45, 7) is 1.99. The van der Waals surface area contributed by atoms with Crippen molar-refractivity contribution >= 4 is 23.9 Å². The summed E-state index contributed by atoms with van der Waals surface area (Å²) in [6, 6.07) is -1.94. The van der Waals surface area contributed by atoms with Gasteiger partial charge in [-0.3, -0.25) is 9.59 Å². The van der Waals surface area contributed by atoms with Crippen LogP contribution in [0.2, 0.25) is 0 Å². The Morgan fingerprint density at radius 2 is 1.90 bits per heavy atom. The van der Waals surface area contributed by atoms with Crippen molar-refractivity contribution in [3.8, 4) is 0 Å². The van der Waals surface area contributed by atoms with Crippen molar-refractivity contribution in [2.24, 2.45) is 0 Å². The number of amides is 3. The molecule has 120 valence electrons. The molecule has 0 rings (SSSR count). The Kier molecular flexibility index (Phi) is 8.51. The third kappa shape index (κ3) is 7.75. The van der Waals surface area contributed by atoms with Crippen molar-refractivity contribution < 1.29 is 29.0 Å². The fourth-order valence-corrected chi connectivity index (χ4v) is 1.42. The first-order chi connectivity index (χ1) is 9.81. The van der Waals surface area contributed by atoms with E-state index in [1.54, 1.807) is 6.92 Å². The van der Waals surface area contributed by atoms with E-state index in [2.05, 4.69) is 15.4 Å². The van der Waals surface area contributed by atoms with Crippen LogP contribution in [-0.4, -0.2) is 67.2 Å². The zero-order chi connectivity index (χ0) is 16.4. The zero-order valence-electron chi connectivity index (χ0n) is 12.3. The molecular weight excluding hydrogens is 282 g/mol. The minimum absolute atomic E-state index is 0.0945. The highest BCUT2D eigenvalue weighted by molar-refractivity contribution is 5.86. The van der Waals surface area contributed by atoms with E-state index in [1.807, 2.05) is 0 Å². The molecule has 0 aliphatic heterocycles. The number of urea groups is 1. The van der Waals surface area contributed by atoms with Crippen molar-refractivity contribution in [2.75, 3.05) is 27.2 Å². The molecule has 1 atom stereocenters. The quantitative estimate of drug-likeness (QED) is 0.503. The summed E-state index contributed by atoms with van der Waals surface area (Å²) in [5.74, 6) is -2.18. The number of carboxylic acids is 1. The van der Waals surface area contributed by atoms with Crippen LogP contribution in [0.25, 0.3) is 0 Å². The Morgan fingerprint density at radius 1 is 1.29 bits per heavy atom. The molecule has 9 heteroatoms. The standard InChI is InChI=1S/C12H21N3O6/c1-4-13-9(16)7-15(2)12(20)14-8(11(18)19)5-6-10(17)21-3/h8H,4-7H2,1-3H3,(H,13,16)(H,14,20)(H,18,19)/t8-/m1/s1. The Morgan fingerprint density at radius 3 is 2.38 bits per heavy atom. The lowest BCUT2D eigenvalue weighted by molar-refractivity contribution is -0.142. The third-order valence-electron chi connectivity index (χ3n) is 2.56. The molecule has 0 unspecified atom stereocenters. The van der Waals surface area contributed by atoms with Crippen LogP contribution in [0.3, 0.4) is 0 Å². The zero-order valence-corrected chi connectivity index (χ0v) is 12.3. The highest BCUT2D eigenvalue weighted by atomic mass is 16.5. The van der Waals surface area contributed by atoms with Crippen molar-refractivity contribution in [3.63, 3.8) is 0 Å². The number of aliphatic carboxylic acids is 1. The van der Waals surface area contributed by atoms with E-state index in [1.165, 1.54) is 14.2 Å². The average molecular weight is 303 g/mol. The maximum absolute atomic E-state index is 11.8. The van der Waals surface area contributed by atoms with Gasteiger partial charge in [0.2, 0.25) is 5.91 Å². The molecule has 0 aromatic carbocycles. The summed E-state index contributed by atoms with van der Waals surface area (Å²) in [7, 11) is 2.56. The predicted octanol–water partition coefficient (Wildman–Crippen LogP) is -0.830. The number of nitrogens with one attached hydrogen (secondary N) is 2. The van der Waals surface area contributed by atoms with Gasteiger partial charge in [-0.05, 0) is 13.3 Å². The number of carbonyl (C=O) groups excluding carboxylic acids is 3. The van der Waals surface area contributed by atoms with Gasteiger partial charge in [0, 0.05) is 20.0 Å². The van der Waals surface area contributed by atoms with E-state index in [0.717, 1.165) is 4.90 Å². The van der Waals surface area contributed by atoms with Crippen molar-refractivity contribution in [2.45, 2.75) is 25.8 Å². The maximum atomic E-state index is 11.8. The normalized spacial score (nSPS) is 11.2. The molecule has 0 aromatic rings. The molecule has 9 nitrogen and oxygen atoms in total. The molecule has 0 aliphatic rings. The van der Waals surface area contributed by atoms with Crippen LogP contribution in [0.5, 0.6) is 0 Å². The number of methoxy groups -OCH3 is 1. The van der Waals surface area contributed by atoms with E-state index >= 15 is 0 Å². The second kappa shape index (κ2) is 9.56. The summed E-state index contributed by atoms with van der Waals surface area (Å²) in [6.07, 6.45) is -0.226. The molecule has 0 bridgehead atoms. The average Bonchev–Trinajstić information content (AvgIpc) is 2.42. The van der Waals surface area contributed by atoms with Crippen molar-refractivity contribution in [1.82, 2.24) is 15.5 Å². The van der Waals surface area contributed by atoms with E-state index in [-0.39, 0.29) is 25.3 Å². The SMILES string of the molecule is CCNC(=O)CN(C)C(=O)N[C@H](CCC(=O)OC)C(=O)O. The van der Waals surface area contributed by atoms with E-state index < -0.39 is 24.0 Å². The summed E-state index contributed by atoms with van der Waals surface area (Å²) in [4.78, 5) is 46.1. The fraction of sp³-hybridized carbons (Fsp3) is 0.667. The summed E-state index contributed by atoms with van der Waals surface area (Å²) in [5, 5.41) is 13.8. The molecule has 0 radical (unpaired) electrons. The molecule has 21 heavy (non-hydrogen) atoms. The Balaban J connectivity index is 4.42. The molecule has 0 fully saturated rings. The number of hydrogen-bond acceptors (Lipinski definition) is 5. The minimum Gasteiger partial charge on any atom is -0.480 e. The molecular formula is C12H21N3O6. The van der Waals surface area contributed by atoms with Gasteiger partial charge in [0.25, 0.3) is 0 Å². The van der Waals surface area contributed by atoms with Crippen LogP contribution in [0.1, 0.15) is 19.8 Å². The highest BCUT2D eigenvalue weighted by Gasteiger charge is 2.23. The van der Waals surface area contributed by atoms with Crippen LogP contribution < -0.4 is 10.6 Å². The second-order valence-electron chi connectivity index (χ2n) is 4.26. The number of carbonyl (C=O) groups is 4. The molecule has 0 saturated carbocycles. The number of esters is 1. The smallest absolute Gasteiger partial charge is 0.326 e. The van der Waals surface area contributed by atoms with Gasteiger partial charge in [0.1, 0.15) is 12.6 Å². The van der Waals surface area contributed by atoms with Crippen LogP contribution >= 0.6 is 0 Å². The number of ether oxygens (including phenoxy) is 1. The van der Waals surface area contributed by atoms with Gasteiger partial charge in [-0.1, -0.05) is 0 Å². The highest BCUT2D eigenvalue weighted by Crippen LogP contribution is 2.00. The topological polar surface area (TPSA) is 125 Å². The van der Waals surface area contributed by atoms with Gasteiger partial charge in [0.15, 0.2) is 0 Å². The number of carboxylic acid groups (broad SMARTS) is 1. The monoisotopic (exact) mass is 303 g/mol. The predicted molar refractivity (Wildman–Crippen MR) is 72.5 cm³/mol. The molecule has 3 amide bonds. The first-order valence-electron chi connectivity index (χ1n) is 6.39. The number of hydrogen-bond donors (Lipinski definition) is 3. The summed E-state index contributed by atoms with van der Waals surface area (Å²) < 4.78 is 4.40. The van der Waals surface area contributed by atoms with Gasteiger partial charge < -0.3 is 25.4 Å². The van der Waals surface area contributed by atoms with E-state index in [0.29, 0.717) is 6.54 Å². The Labute approximate surface area is 122 Å². The lowest BCUT2D eigenvalue weighted by Gasteiger charge is -2.20. The lowest BCUT2D eigenvalue weighted by Crippen LogP contribution is -2.49. The molecule has 0 heterocycles. The number of likely N-dealkylation sites (N-methyl/N-ethyl adjacent to an activating group) is 2. The summed E-state index contributed by atoms with van der Waals surface area (Å²) in [5.41, 5.74) is 0. The van der Waals surface area contributed by atoms with Gasteiger partial charge in [-0.25, -0.2) is 9.59 Å².